The molecule has 2 aromatic rings. The van der Waals surface area contributed by atoms with Crippen LogP contribution in [0.3, 0.4) is 0 Å². The van der Waals surface area contributed by atoms with Crippen molar-refractivity contribution in [3.8, 4) is 0 Å². The Morgan fingerprint density at radius 3 is 2.41 bits per heavy atom. The van der Waals surface area contributed by atoms with E-state index in [1.165, 1.54) is 0 Å². The monoisotopic (exact) mass is 475 g/mol. The molecule has 0 saturated heterocycles. The molecule has 1 fully saturated rings. The van der Waals surface area contributed by atoms with E-state index < -0.39 is 37.2 Å². The largest absolute Gasteiger partial charge is 0.461 e. The highest BCUT2D eigenvalue weighted by atomic mass is 31.2. The van der Waals surface area contributed by atoms with Gasteiger partial charge in [-0.3, -0.25) is 9.36 Å². The molecule has 1 aromatic heterocycles. The molecule has 0 bridgehead atoms. The Kier molecular flexibility index (Phi) is 6.92. The number of rotatable bonds is 9. The molecular weight excluding hydrogens is 454 g/mol. The highest BCUT2D eigenvalue weighted by molar-refractivity contribution is 7.52. The minimum absolute atomic E-state index is 0.0223. The number of benzene rings is 1. The van der Waals surface area contributed by atoms with Crippen molar-refractivity contribution < 1.29 is 45.6 Å². The first-order valence-electron chi connectivity index (χ1n) is 9.66. The third-order valence-corrected chi connectivity index (χ3v) is 6.80. The molecule has 1 heterocycles. The third-order valence-electron chi connectivity index (χ3n) is 4.96. The fourth-order valence-electron chi connectivity index (χ4n) is 3.15. The predicted molar refractivity (Wildman–Crippen MR) is 105 cm³/mol. The van der Waals surface area contributed by atoms with Crippen molar-refractivity contribution in [3.05, 3.63) is 51.9 Å². The van der Waals surface area contributed by atoms with Crippen LogP contribution in [-0.4, -0.2) is 37.7 Å². The molecule has 0 radical (unpaired) electrons. The molecule has 12 heteroatoms. The molecule has 0 N–H and O–H groups in total. The first-order chi connectivity index (χ1) is 15.0. The number of ether oxygens (including phenoxy) is 1. The van der Waals surface area contributed by atoms with Gasteiger partial charge in [0.15, 0.2) is 11.5 Å². The van der Waals surface area contributed by atoms with Gasteiger partial charge in [0.2, 0.25) is 5.69 Å². The summed E-state index contributed by atoms with van der Waals surface area (Å²) in [6, 6.07) is 2.41. The van der Waals surface area contributed by atoms with E-state index in [1.807, 2.05) is 0 Å². The van der Waals surface area contributed by atoms with Gasteiger partial charge in [0.25, 0.3) is 0 Å². The Hall–Kier alpha value is -2.49. The fourth-order valence-corrected chi connectivity index (χ4v) is 4.24. The highest BCUT2D eigenvalue weighted by Crippen LogP contribution is 2.51. The van der Waals surface area contributed by atoms with E-state index in [9.17, 15) is 27.3 Å². The quantitative estimate of drug-likeness (QED) is 0.285. The van der Waals surface area contributed by atoms with E-state index in [1.54, 1.807) is 6.92 Å². The van der Waals surface area contributed by atoms with Gasteiger partial charge in [0.1, 0.15) is 5.56 Å². The molecule has 174 valence electrons. The molecule has 8 nitrogen and oxygen atoms in total. The van der Waals surface area contributed by atoms with Crippen LogP contribution in [0.4, 0.5) is 13.2 Å². The van der Waals surface area contributed by atoms with Gasteiger partial charge in [-0.2, -0.15) is 13.2 Å². The van der Waals surface area contributed by atoms with Crippen molar-refractivity contribution in [3.63, 3.8) is 0 Å². The van der Waals surface area contributed by atoms with Gasteiger partial charge in [0, 0.05) is 25.7 Å². The summed E-state index contributed by atoms with van der Waals surface area (Å²) in [5.41, 5.74) is -1.98. The maximum Gasteiger partial charge on any atom is 0.416 e. The number of halogens is 3. The number of carbonyl (C=O) groups is 2. The maximum atomic E-state index is 13.5. The van der Waals surface area contributed by atoms with Crippen molar-refractivity contribution >= 4 is 19.3 Å². The summed E-state index contributed by atoms with van der Waals surface area (Å²) >= 11 is 0. The lowest BCUT2D eigenvalue weighted by Crippen LogP contribution is -2.15. The van der Waals surface area contributed by atoms with Crippen LogP contribution >= 0.6 is 7.60 Å². The third kappa shape index (κ3) is 4.95. The van der Waals surface area contributed by atoms with Gasteiger partial charge < -0.3 is 18.3 Å². The number of hydrogen-bond acceptors (Lipinski definition) is 8. The van der Waals surface area contributed by atoms with Gasteiger partial charge in [0.05, 0.1) is 18.3 Å². The smallest absolute Gasteiger partial charge is 0.416 e. The van der Waals surface area contributed by atoms with E-state index in [0.717, 1.165) is 26.4 Å². The molecule has 1 saturated carbocycles. The normalized spacial score (nSPS) is 14.4. The lowest BCUT2D eigenvalue weighted by atomic mass is 9.95. The van der Waals surface area contributed by atoms with Crippen molar-refractivity contribution in [1.29, 1.82) is 0 Å². The molecule has 0 spiro atoms. The van der Waals surface area contributed by atoms with E-state index in [2.05, 4.69) is 5.16 Å². The van der Waals surface area contributed by atoms with Crippen LogP contribution in [0.25, 0.3) is 0 Å². The summed E-state index contributed by atoms with van der Waals surface area (Å²) in [6.45, 7) is 1.59. The van der Waals surface area contributed by atoms with Crippen molar-refractivity contribution in [1.82, 2.24) is 5.16 Å². The molecule has 0 amide bonds. The molecule has 1 aliphatic rings. The van der Waals surface area contributed by atoms with Crippen molar-refractivity contribution in [2.45, 2.75) is 38.0 Å². The number of alkyl halides is 3. The summed E-state index contributed by atoms with van der Waals surface area (Å²) < 4.78 is 72.4. The number of hydrogen-bond donors (Lipinski definition) is 0. The van der Waals surface area contributed by atoms with Crippen LogP contribution in [0.15, 0.2) is 22.7 Å². The molecule has 1 aliphatic carbocycles. The molecule has 1 aromatic carbocycles. The number of ketones is 1. The lowest BCUT2D eigenvalue weighted by molar-refractivity contribution is -0.137. The second-order valence-corrected chi connectivity index (χ2v) is 9.37. The fraction of sp³-hybridized carbons (Fsp3) is 0.450. The molecule has 0 unspecified atom stereocenters. The van der Waals surface area contributed by atoms with Crippen LogP contribution < -0.4 is 0 Å². The standard InChI is InChI=1S/C20H21F3NO7P/c1-4-30-19(26)16-15(18(31-24-16)11-5-6-11)17(25)14-8-7-13(20(21,22)23)9-12(14)10-32(27,28-2)29-3/h7-9,11H,4-6,10H2,1-3H3. The average molecular weight is 475 g/mol. The van der Waals surface area contributed by atoms with Gasteiger partial charge in [-0.15, -0.1) is 0 Å². The summed E-state index contributed by atoms with van der Waals surface area (Å²) in [5.74, 6) is -1.64. The van der Waals surface area contributed by atoms with Gasteiger partial charge >= 0.3 is 19.7 Å². The van der Waals surface area contributed by atoms with Gasteiger partial charge in [-0.25, -0.2) is 4.79 Å². The van der Waals surface area contributed by atoms with Crippen LogP contribution in [0.2, 0.25) is 0 Å². The minimum atomic E-state index is -4.70. The van der Waals surface area contributed by atoms with Gasteiger partial charge in [-0.05, 0) is 37.5 Å². The lowest BCUT2D eigenvalue weighted by Gasteiger charge is -2.17. The molecule has 3 rings (SSSR count). The zero-order chi connectivity index (χ0) is 23.7. The Morgan fingerprint density at radius 1 is 1.22 bits per heavy atom. The summed E-state index contributed by atoms with van der Waals surface area (Å²) in [7, 11) is -1.66. The highest BCUT2D eigenvalue weighted by Gasteiger charge is 2.39. The Bertz CT molecular complexity index is 1070. The van der Waals surface area contributed by atoms with E-state index in [-0.39, 0.29) is 40.7 Å². The second-order valence-electron chi connectivity index (χ2n) is 7.10. The summed E-state index contributed by atoms with van der Waals surface area (Å²) in [4.78, 5) is 25.8. The van der Waals surface area contributed by atoms with Crippen molar-refractivity contribution in [2.75, 3.05) is 20.8 Å². The zero-order valence-electron chi connectivity index (χ0n) is 17.5. The first kappa shape index (κ1) is 24.2. The first-order valence-corrected chi connectivity index (χ1v) is 11.4. The Morgan fingerprint density at radius 2 is 1.88 bits per heavy atom. The number of esters is 1. The molecular formula is C20H21F3NO7P. The van der Waals surface area contributed by atoms with E-state index >= 15 is 0 Å². The SMILES string of the molecule is CCOC(=O)c1noc(C2CC2)c1C(=O)c1ccc(C(F)(F)F)cc1CP(=O)(OC)OC. The summed E-state index contributed by atoms with van der Waals surface area (Å²) in [5, 5.41) is 3.68. The van der Waals surface area contributed by atoms with Crippen molar-refractivity contribution in [2.24, 2.45) is 0 Å². The van der Waals surface area contributed by atoms with Crippen LogP contribution in [0.1, 0.15) is 69.0 Å². The number of carbonyl (C=O) groups excluding carboxylic acids is 2. The maximum absolute atomic E-state index is 13.5. The van der Waals surface area contributed by atoms with E-state index in [4.69, 9.17) is 18.3 Å². The van der Waals surface area contributed by atoms with E-state index in [0.29, 0.717) is 18.9 Å². The number of nitrogens with zero attached hydrogens (tertiary/aromatic N) is 1. The van der Waals surface area contributed by atoms with Crippen LogP contribution in [0.5, 0.6) is 0 Å². The average Bonchev–Trinajstić information content (AvgIpc) is 3.50. The Balaban J connectivity index is 2.15. The predicted octanol–water partition coefficient (Wildman–Crippen LogP) is 4.96. The number of aromatic nitrogens is 1. The molecule has 32 heavy (non-hydrogen) atoms. The summed E-state index contributed by atoms with van der Waals surface area (Å²) in [6.07, 6.45) is -3.88. The molecule has 0 aliphatic heterocycles. The second kappa shape index (κ2) is 9.17. The molecule has 0 atom stereocenters. The zero-order valence-corrected chi connectivity index (χ0v) is 18.4. The minimum Gasteiger partial charge on any atom is -0.461 e. The van der Waals surface area contributed by atoms with Crippen LogP contribution in [0, 0.1) is 0 Å². The topological polar surface area (TPSA) is 105 Å². The Labute approximate surface area is 181 Å². The van der Waals surface area contributed by atoms with Gasteiger partial charge in [-0.1, -0.05) is 11.2 Å². The van der Waals surface area contributed by atoms with Crippen LogP contribution in [-0.2, 0) is 30.7 Å².